The van der Waals surface area contributed by atoms with Crippen LogP contribution in [0.5, 0.6) is 11.5 Å². The Balaban J connectivity index is 1.71. The van der Waals surface area contributed by atoms with Crippen molar-refractivity contribution in [3.63, 3.8) is 0 Å². The lowest BCUT2D eigenvalue weighted by Crippen LogP contribution is -2.60. The molecule has 8 heteroatoms. The van der Waals surface area contributed by atoms with Gasteiger partial charge in [-0.15, -0.1) is 0 Å². The van der Waals surface area contributed by atoms with Crippen LogP contribution in [0.1, 0.15) is 30.7 Å². The van der Waals surface area contributed by atoms with Crippen LogP contribution >= 0.6 is 0 Å². The van der Waals surface area contributed by atoms with Crippen molar-refractivity contribution in [2.24, 2.45) is 0 Å². The van der Waals surface area contributed by atoms with E-state index in [-0.39, 0.29) is 24.8 Å². The van der Waals surface area contributed by atoms with Gasteiger partial charge in [0.25, 0.3) is 0 Å². The Morgan fingerprint density at radius 1 is 1.26 bits per heavy atom. The highest BCUT2D eigenvalue weighted by molar-refractivity contribution is 5.86. The Labute approximate surface area is 158 Å². The number of methoxy groups -OCH3 is 2. The van der Waals surface area contributed by atoms with E-state index >= 15 is 0 Å². The van der Waals surface area contributed by atoms with Gasteiger partial charge >= 0.3 is 12.0 Å². The summed E-state index contributed by atoms with van der Waals surface area (Å²) in [7, 11) is 3.19. The minimum absolute atomic E-state index is 0.108. The molecule has 0 saturated carbocycles. The minimum Gasteiger partial charge on any atom is -0.493 e. The number of hydrogen-bond donors (Lipinski definition) is 2. The molecule has 0 unspecified atom stereocenters. The van der Waals surface area contributed by atoms with E-state index in [9.17, 15) is 14.7 Å². The number of rotatable bonds is 5. The van der Waals surface area contributed by atoms with Crippen molar-refractivity contribution < 1.29 is 28.9 Å². The summed E-state index contributed by atoms with van der Waals surface area (Å²) in [5, 5.41) is 12.4. The number of amides is 2. The highest BCUT2D eigenvalue weighted by atomic mass is 16.5. The van der Waals surface area contributed by atoms with E-state index in [0.717, 1.165) is 12.0 Å². The van der Waals surface area contributed by atoms with Crippen LogP contribution in [0.25, 0.3) is 0 Å². The summed E-state index contributed by atoms with van der Waals surface area (Å²) in [5.41, 5.74) is -0.257. The number of carbonyl (C=O) groups is 2. The van der Waals surface area contributed by atoms with E-state index in [1.807, 2.05) is 18.2 Å². The smallest absolute Gasteiger partial charge is 0.329 e. The van der Waals surface area contributed by atoms with Gasteiger partial charge in [-0.3, -0.25) is 0 Å². The fraction of sp³-hybridized carbons (Fsp3) is 0.579. The largest absolute Gasteiger partial charge is 0.493 e. The van der Waals surface area contributed by atoms with Crippen molar-refractivity contribution >= 4 is 12.0 Å². The molecule has 1 aromatic carbocycles. The third kappa shape index (κ3) is 3.80. The van der Waals surface area contributed by atoms with Gasteiger partial charge in [-0.2, -0.15) is 0 Å². The van der Waals surface area contributed by atoms with Gasteiger partial charge < -0.3 is 29.5 Å². The summed E-state index contributed by atoms with van der Waals surface area (Å²) >= 11 is 0. The first-order valence-electron chi connectivity index (χ1n) is 9.10. The van der Waals surface area contributed by atoms with E-state index in [0.29, 0.717) is 37.8 Å². The monoisotopic (exact) mass is 378 g/mol. The average molecular weight is 378 g/mol. The second-order valence-electron chi connectivity index (χ2n) is 6.94. The van der Waals surface area contributed by atoms with E-state index in [4.69, 9.17) is 14.2 Å². The van der Waals surface area contributed by atoms with Crippen LogP contribution in [0.4, 0.5) is 4.79 Å². The molecule has 0 radical (unpaired) electrons. The summed E-state index contributed by atoms with van der Waals surface area (Å²) in [6, 6.07) is 5.37. The molecule has 0 aromatic heterocycles. The molecule has 1 aromatic rings. The fourth-order valence-corrected chi connectivity index (χ4v) is 3.83. The molecule has 3 rings (SSSR count). The highest BCUT2D eigenvalue weighted by Crippen LogP contribution is 2.39. The van der Waals surface area contributed by atoms with Gasteiger partial charge in [0.2, 0.25) is 0 Å². The SMILES string of the molecule is COc1cccc([C@@H]2CCN(C(=O)NC3(C(=O)O)CCOCC3)C2)c1OC. The molecule has 2 aliphatic rings. The number of carboxylic acid groups (broad SMARTS) is 1. The zero-order valence-corrected chi connectivity index (χ0v) is 15.7. The third-order valence-corrected chi connectivity index (χ3v) is 5.45. The molecule has 2 heterocycles. The predicted octanol–water partition coefficient (Wildman–Crippen LogP) is 1.84. The van der Waals surface area contributed by atoms with E-state index in [2.05, 4.69) is 5.32 Å². The van der Waals surface area contributed by atoms with Crippen LogP contribution in [-0.4, -0.2) is 68.1 Å². The normalized spacial score (nSPS) is 21.6. The first-order chi connectivity index (χ1) is 13.0. The van der Waals surface area contributed by atoms with E-state index < -0.39 is 11.5 Å². The Bertz CT molecular complexity index is 701. The van der Waals surface area contributed by atoms with Crippen molar-refractivity contribution in [3.05, 3.63) is 23.8 Å². The van der Waals surface area contributed by atoms with Gasteiger partial charge in [0.05, 0.1) is 14.2 Å². The van der Waals surface area contributed by atoms with Crippen LogP contribution in [0.2, 0.25) is 0 Å². The molecule has 2 aliphatic heterocycles. The summed E-state index contributed by atoms with van der Waals surface area (Å²) in [4.78, 5) is 26.2. The Morgan fingerprint density at radius 2 is 2.00 bits per heavy atom. The number of nitrogens with one attached hydrogen (secondary N) is 1. The van der Waals surface area contributed by atoms with Crippen LogP contribution in [0.15, 0.2) is 18.2 Å². The maximum absolute atomic E-state index is 12.7. The zero-order chi connectivity index (χ0) is 19.4. The van der Waals surface area contributed by atoms with Crippen molar-refractivity contribution in [1.29, 1.82) is 0 Å². The number of ether oxygens (including phenoxy) is 3. The molecule has 2 saturated heterocycles. The van der Waals surface area contributed by atoms with Gasteiger partial charge in [-0.1, -0.05) is 12.1 Å². The van der Waals surface area contributed by atoms with Gasteiger partial charge in [-0.05, 0) is 12.5 Å². The fourth-order valence-electron chi connectivity index (χ4n) is 3.83. The first kappa shape index (κ1) is 19.3. The maximum atomic E-state index is 12.7. The molecular weight excluding hydrogens is 352 g/mol. The second kappa shape index (κ2) is 8.04. The number of carboxylic acids is 1. The number of carbonyl (C=O) groups excluding carboxylic acids is 1. The second-order valence-corrected chi connectivity index (χ2v) is 6.94. The molecule has 2 amide bonds. The number of benzene rings is 1. The Morgan fingerprint density at radius 3 is 2.63 bits per heavy atom. The average Bonchev–Trinajstić information content (AvgIpc) is 3.18. The first-order valence-corrected chi connectivity index (χ1v) is 9.10. The summed E-state index contributed by atoms with van der Waals surface area (Å²) < 4.78 is 16.1. The van der Waals surface area contributed by atoms with E-state index in [1.54, 1.807) is 19.1 Å². The summed E-state index contributed by atoms with van der Waals surface area (Å²) in [6.07, 6.45) is 1.32. The van der Waals surface area contributed by atoms with Crippen LogP contribution in [0, 0.1) is 0 Å². The van der Waals surface area contributed by atoms with Crippen LogP contribution < -0.4 is 14.8 Å². The zero-order valence-electron chi connectivity index (χ0n) is 15.7. The molecule has 0 bridgehead atoms. The minimum atomic E-state index is -1.25. The maximum Gasteiger partial charge on any atom is 0.329 e. The third-order valence-electron chi connectivity index (χ3n) is 5.45. The van der Waals surface area contributed by atoms with E-state index in [1.165, 1.54) is 0 Å². The topological polar surface area (TPSA) is 97.3 Å². The number of nitrogens with zero attached hydrogens (tertiary/aromatic N) is 1. The predicted molar refractivity (Wildman–Crippen MR) is 97.4 cm³/mol. The lowest BCUT2D eigenvalue weighted by Gasteiger charge is -2.35. The van der Waals surface area contributed by atoms with Gasteiger partial charge in [-0.25, -0.2) is 9.59 Å². The molecule has 27 heavy (non-hydrogen) atoms. The van der Waals surface area contributed by atoms with Crippen LogP contribution in [-0.2, 0) is 9.53 Å². The Hall–Kier alpha value is -2.48. The number of hydrogen-bond acceptors (Lipinski definition) is 5. The lowest BCUT2D eigenvalue weighted by molar-refractivity contribution is -0.148. The lowest BCUT2D eigenvalue weighted by atomic mass is 9.90. The van der Waals surface area contributed by atoms with Crippen molar-refractivity contribution in [3.8, 4) is 11.5 Å². The Kier molecular flexibility index (Phi) is 5.74. The molecule has 0 spiro atoms. The molecule has 1 atom stereocenters. The molecular formula is C19H26N2O6. The molecule has 8 nitrogen and oxygen atoms in total. The van der Waals surface area contributed by atoms with Crippen LogP contribution in [0.3, 0.4) is 0 Å². The number of likely N-dealkylation sites (tertiary alicyclic amines) is 1. The molecule has 148 valence electrons. The van der Waals surface area contributed by atoms with Gasteiger partial charge in [0.15, 0.2) is 11.5 Å². The summed E-state index contributed by atoms with van der Waals surface area (Å²) in [5.74, 6) is 0.435. The highest BCUT2D eigenvalue weighted by Gasteiger charge is 2.43. The number of urea groups is 1. The molecule has 2 fully saturated rings. The van der Waals surface area contributed by atoms with Gasteiger partial charge in [0, 0.05) is 50.6 Å². The number of para-hydroxylation sites is 1. The standard InChI is InChI=1S/C19H26N2O6/c1-25-15-5-3-4-14(16(15)26-2)13-6-9-21(12-13)18(24)20-19(17(22)23)7-10-27-11-8-19/h3-5,13H,6-12H2,1-2H3,(H,20,24)(H,22,23)/t13-/m1/s1. The van der Waals surface area contributed by atoms with Gasteiger partial charge in [0.1, 0.15) is 5.54 Å². The number of aliphatic carboxylic acids is 1. The van der Waals surface area contributed by atoms with Crippen molar-refractivity contribution in [1.82, 2.24) is 10.2 Å². The summed E-state index contributed by atoms with van der Waals surface area (Å²) in [6.45, 7) is 1.72. The van der Waals surface area contributed by atoms with Crippen molar-refractivity contribution in [2.45, 2.75) is 30.7 Å². The molecule has 2 N–H and O–H groups in total. The van der Waals surface area contributed by atoms with Crippen molar-refractivity contribution in [2.75, 3.05) is 40.5 Å². The molecule has 0 aliphatic carbocycles. The quantitative estimate of drug-likeness (QED) is 0.811.